The van der Waals surface area contributed by atoms with E-state index in [0.717, 1.165) is 19.3 Å². The Balaban J connectivity index is 0.00000225. The number of nitrogens with two attached hydrogens (primary N) is 1. The molecular formula is C12H24ClNO2. The number of hydrogen-bond donors (Lipinski definition) is 1. The molecule has 1 fully saturated rings. The van der Waals surface area contributed by atoms with Crippen LogP contribution in [0.2, 0.25) is 0 Å². The molecule has 0 aliphatic heterocycles. The molecule has 1 atom stereocenters. The summed E-state index contributed by atoms with van der Waals surface area (Å²) < 4.78 is 5.21. The lowest BCUT2D eigenvalue weighted by molar-refractivity contribution is -0.146. The highest BCUT2D eigenvalue weighted by Gasteiger charge is 2.27. The van der Waals surface area contributed by atoms with E-state index in [-0.39, 0.29) is 18.4 Å². The summed E-state index contributed by atoms with van der Waals surface area (Å²) in [6, 6.07) is -0.396. The molecule has 1 saturated carbocycles. The smallest absolute Gasteiger partial charge is 0.322 e. The normalized spacial score (nSPS) is 16.8. The van der Waals surface area contributed by atoms with E-state index in [1.165, 1.54) is 12.8 Å². The summed E-state index contributed by atoms with van der Waals surface area (Å²) in [6.07, 6.45) is 5.38. The SMILES string of the molecule is CCC(CC)COC(=O)[C@@H](N)CC1CC1.Cl. The predicted molar refractivity (Wildman–Crippen MR) is 67.6 cm³/mol. The minimum absolute atomic E-state index is 0. The van der Waals surface area contributed by atoms with Gasteiger partial charge in [-0.1, -0.05) is 39.5 Å². The summed E-state index contributed by atoms with van der Waals surface area (Å²) in [4.78, 5) is 11.5. The molecule has 0 saturated heterocycles. The van der Waals surface area contributed by atoms with Crippen molar-refractivity contribution in [2.24, 2.45) is 17.6 Å². The Hall–Kier alpha value is -0.280. The summed E-state index contributed by atoms with van der Waals surface area (Å²) in [7, 11) is 0. The second-order valence-corrected chi connectivity index (χ2v) is 4.60. The van der Waals surface area contributed by atoms with Gasteiger partial charge in [0.15, 0.2) is 0 Å². The number of carbonyl (C=O) groups is 1. The summed E-state index contributed by atoms with van der Waals surface area (Å²) in [5.74, 6) is 0.955. The van der Waals surface area contributed by atoms with Crippen LogP contribution in [0.4, 0.5) is 0 Å². The molecule has 2 N–H and O–H groups in total. The molecule has 4 heteroatoms. The van der Waals surface area contributed by atoms with Gasteiger partial charge in [-0.15, -0.1) is 12.4 Å². The molecule has 16 heavy (non-hydrogen) atoms. The first-order valence-corrected chi connectivity index (χ1v) is 6.09. The molecule has 0 amide bonds. The van der Waals surface area contributed by atoms with Gasteiger partial charge in [-0.2, -0.15) is 0 Å². The average Bonchev–Trinajstić information content (AvgIpc) is 3.02. The summed E-state index contributed by atoms with van der Waals surface area (Å²) >= 11 is 0. The molecule has 0 heterocycles. The van der Waals surface area contributed by atoms with Gasteiger partial charge in [0.1, 0.15) is 6.04 Å². The van der Waals surface area contributed by atoms with Gasteiger partial charge >= 0.3 is 5.97 Å². The van der Waals surface area contributed by atoms with Crippen molar-refractivity contribution in [3.05, 3.63) is 0 Å². The summed E-state index contributed by atoms with van der Waals surface area (Å²) in [6.45, 7) is 4.77. The van der Waals surface area contributed by atoms with Gasteiger partial charge in [0.2, 0.25) is 0 Å². The maximum atomic E-state index is 11.5. The third kappa shape index (κ3) is 5.71. The molecule has 3 nitrogen and oxygen atoms in total. The molecule has 0 radical (unpaired) electrons. The minimum Gasteiger partial charge on any atom is -0.464 e. The molecule has 0 aromatic rings. The van der Waals surface area contributed by atoms with E-state index in [1.54, 1.807) is 0 Å². The summed E-state index contributed by atoms with van der Waals surface area (Å²) in [5, 5.41) is 0. The Morgan fingerprint density at radius 2 is 1.94 bits per heavy atom. The molecule has 0 unspecified atom stereocenters. The Labute approximate surface area is 105 Å². The topological polar surface area (TPSA) is 52.3 Å². The van der Waals surface area contributed by atoms with E-state index in [0.29, 0.717) is 18.4 Å². The molecule has 0 bridgehead atoms. The largest absolute Gasteiger partial charge is 0.464 e. The average molecular weight is 250 g/mol. The predicted octanol–water partition coefficient (Wildman–Crippen LogP) is 2.52. The van der Waals surface area contributed by atoms with Crippen LogP contribution in [0.1, 0.15) is 46.0 Å². The van der Waals surface area contributed by atoms with Gasteiger partial charge in [0.25, 0.3) is 0 Å². The van der Waals surface area contributed by atoms with E-state index in [1.807, 2.05) is 0 Å². The first-order chi connectivity index (χ1) is 7.17. The van der Waals surface area contributed by atoms with Crippen LogP contribution < -0.4 is 5.73 Å². The molecule has 96 valence electrons. The lowest BCUT2D eigenvalue weighted by Crippen LogP contribution is -2.33. The molecule has 1 aliphatic rings. The highest BCUT2D eigenvalue weighted by molar-refractivity contribution is 5.85. The van der Waals surface area contributed by atoms with E-state index in [9.17, 15) is 4.79 Å². The third-order valence-electron chi connectivity index (χ3n) is 3.20. The van der Waals surface area contributed by atoms with E-state index < -0.39 is 6.04 Å². The number of ether oxygens (including phenoxy) is 1. The van der Waals surface area contributed by atoms with Gasteiger partial charge in [-0.05, 0) is 18.3 Å². The third-order valence-corrected chi connectivity index (χ3v) is 3.20. The van der Waals surface area contributed by atoms with Gasteiger partial charge in [-0.25, -0.2) is 0 Å². The lowest BCUT2D eigenvalue weighted by atomic mass is 10.1. The quantitative estimate of drug-likeness (QED) is 0.706. The molecule has 1 aliphatic carbocycles. The van der Waals surface area contributed by atoms with Crippen molar-refractivity contribution in [3.63, 3.8) is 0 Å². The van der Waals surface area contributed by atoms with Crippen LogP contribution in [0.15, 0.2) is 0 Å². The first-order valence-electron chi connectivity index (χ1n) is 6.09. The van der Waals surface area contributed by atoms with Crippen molar-refractivity contribution in [2.75, 3.05) is 6.61 Å². The Kier molecular flexibility index (Phi) is 7.77. The van der Waals surface area contributed by atoms with Crippen molar-refractivity contribution in [3.8, 4) is 0 Å². The van der Waals surface area contributed by atoms with Gasteiger partial charge < -0.3 is 10.5 Å². The fourth-order valence-corrected chi connectivity index (χ4v) is 1.64. The highest BCUT2D eigenvalue weighted by atomic mass is 35.5. The van der Waals surface area contributed by atoms with Crippen LogP contribution in [0, 0.1) is 11.8 Å². The van der Waals surface area contributed by atoms with Crippen molar-refractivity contribution in [1.82, 2.24) is 0 Å². The van der Waals surface area contributed by atoms with E-state index in [2.05, 4.69) is 13.8 Å². The maximum Gasteiger partial charge on any atom is 0.322 e. The van der Waals surface area contributed by atoms with Crippen molar-refractivity contribution in [2.45, 2.75) is 52.0 Å². The Bertz CT molecular complexity index is 203. The zero-order valence-electron chi connectivity index (χ0n) is 10.3. The van der Waals surface area contributed by atoms with Crippen molar-refractivity contribution < 1.29 is 9.53 Å². The number of rotatable bonds is 7. The monoisotopic (exact) mass is 249 g/mol. The van der Waals surface area contributed by atoms with Crippen LogP contribution in [0.3, 0.4) is 0 Å². The highest BCUT2D eigenvalue weighted by Crippen LogP contribution is 2.33. The molecule has 0 aromatic carbocycles. The van der Waals surface area contributed by atoms with E-state index in [4.69, 9.17) is 10.5 Å². The fourth-order valence-electron chi connectivity index (χ4n) is 1.64. The second kappa shape index (κ2) is 7.91. The zero-order valence-corrected chi connectivity index (χ0v) is 11.1. The Morgan fingerprint density at radius 1 is 1.38 bits per heavy atom. The standard InChI is InChI=1S/C12H23NO2.ClH/c1-3-9(4-2)8-15-12(14)11(13)7-10-5-6-10;/h9-11H,3-8,13H2,1-2H3;1H/t11-;/m0./s1. The number of esters is 1. The van der Waals surface area contributed by atoms with Gasteiger partial charge in [0, 0.05) is 0 Å². The van der Waals surface area contributed by atoms with Crippen LogP contribution in [-0.2, 0) is 9.53 Å². The molecule has 0 spiro atoms. The maximum absolute atomic E-state index is 11.5. The summed E-state index contributed by atoms with van der Waals surface area (Å²) in [5.41, 5.74) is 5.75. The van der Waals surface area contributed by atoms with Crippen molar-refractivity contribution in [1.29, 1.82) is 0 Å². The number of carbonyl (C=O) groups excluding carboxylic acids is 1. The number of halogens is 1. The fraction of sp³-hybridized carbons (Fsp3) is 0.917. The van der Waals surface area contributed by atoms with Crippen molar-refractivity contribution >= 4 is 18.4 Å². The molecular weight excluding hydrogens is 226 g/mol. The Morgan fingerprint density at radius 3 is 2.38 bits per heavy atom. The van der Waals surface area contributed by atoms with Crippen LogP contribution in [0.5, 0.6) is 0 Å². The molecule has 0 aromatic heterocycles. The first kappa shape index (κ1) is 15.7. The number of hydrogen-bond acceptors (Lipinski definition) is 3. The minimum atomic E-state index is -0.396. The zero-order chi connectivity index (χ0) is 11.3. The van der Waals surface area contributed by atoms with E-state index >= 15 is 0 Å². The lowest BCUT2D eigenvalue weighted by Gasteiger charge is -2.15. The van der Waals surface area contributed by atoms with Crippen LogP contribution in [-0.4, -0.2) is 18.6 Å². The second-order valence-electron chi connectivity index (χ2n) is 4.60. The molecule has 1 rings (SSSR count). The van der Waals surface area contributed by atoms with Crippen LogP contribution in [0.25, 0.3) is 0 Å². The van der Waals surface area contributed by atoms with Gasteiger partial charge in [0.05, 0.1) is 6.61 Å². The van der Waals surface area contributed by atoms with Gasteiger partial charge in [-0.3, -0.25) is 4.79 Å². The van der Waals surface area contributed by atoms with Crippen LogP contribution >= 0.6 is 12.4 Å².